The Bertz CT molecular complexity index is 493. The molecule has 0 spiro atoms. The SMILES string of the molecule is CC(C)C1C(=O)NCC(=O)N1c1cnn(C(C)C)c1. The average molecular weight is 264 g/mol. The van der Waals surface area contributed by atoms with Gasteiger partial charge in [-0.05, 0) is 19.8 Å². The fourth-order valence-corrected chi connectivity index (χ4v) is 2.27. The van der Waals surface area contributed by atoms with Crippen LogP contribution >= 0.6 is 0 Å². The van der Waals surface area contributed by atoms with Crippen molar-refractivity contribution >= 4 is 17.5 Å². The van der Waals surface area contributed by atoms with Gasteiger partial charge in [0.1, 0.15) is 6.04 Å². The minimum Gasteiger partial charge on any atom is -0.345 e. The van der Waals surface area contributed by atoms with E-state index >= 15 is 0 Å². The third kappa shape index (κ3) is 2.47. The Morgan fingerprint density at radius 3 is 2.53 bits per heavy atom. The Labute approximate surface area is 112 Å². The number of aromatic nitrogens is 2. The van der Waals surface area contributed by atoms with Gasteiger partial charge in [-0.2, -0.15) is 5.10 Å². The highest BCUT2D eigenvalue weighted by molar-refractivity contribution is 6.06. The van der Waals surface area contributed by atoms with Crippen molar-refractivity contribution in [2.24, 2.45) is 5.92 Å². The molecule has 1 atom stereocenters. The molecule has 0 aliphatic carbocycles. The molecular weight excluding hydrogens is 244 g/mol. The van der Waals surface area contributed by atoms with Crippen LogP contribution in [0, 0.1) is 5.92 Å². The summed E-state index contributed by atoms with van der Waals surface area (Å²) in [6.07, 6.45) is 3.46. The summed E-state index contributed by atoms with van der Waals surface area (Å²) < 4.78 is 1.78. The summed E-state index contributed by atoms with van der Waals surface area (Å²) in [5.41, 5.74) is 0.687. The van der Waals surface area contributed by atoms with Crippen LogP contribution in [0.5, 0.6) is 0 Å². The molecule has 1 aromatic heterocycles. The van der Waals surface area contributed by atoms with E-state index in [-0.39, 0.29) is 30.3 Å². The normalized spacial score (nSPS) is 20.3. The number of hydrogen-bond donors (Lipinski definition) is 1. The Morgan fingerprint density at radius 1 is 1.32 bits per heavy atom. The Balaban J connectivity index is 2.36. The molecule has 1 aliphatic heterocycles. The highest BCUT2D eigenvalue weighted by atomic mass is 16.2. The molecule has 0 aromatic carbocycles. The van der Waals surface area contributed by atoms with Crippen LogP contribution in [0.1, 0.15) is 33.7 Å². The van der Waals surface area contributed by atoms with Crippen molar-refractivity contribution in [1.29, 1.82) is 0 Å². The molecule has 1 N–H and O–H groups in total. The average Bonchev–Trinajstić information content (AvgIpc) is 2.80. The highest BCUT2D eigenvalue weighted by Crippen LogP contribution is 2.24. The highest BCUT2D eigenvalue weighted by Gasteiger charge is 2.38. The number of carbonyl (C=O) groups is 2. The molecule has 0 bridgehead atoms. The van der Waals surface area contributed by atoms with Crippen molar-refractivity contribution in [2.45, 2.75) is 39.8 Å². The zero-order chi connectivity index (χ0) is 14.2. The second kappa shape index (κ2) is 5.03. The van der Waals surface area contributed by atoms with E-state index in [1.165, 1.54) is 0 Å². The van der Waals surface area contributed by atoms with Crippen LogP contribution in [0.2, 0.25) is 0 Å². The van der Waals surface area contributed by atoms with Crippen molar-refractivity contribution in [3.05, 3.63) is 12.4 Å². The van der Waals surface area contributed by atoms with Gasteiger partial charge >= 0.3 is 0 Å². The number of piperazine rings is 1. The maximum atomic E-state index is 12.1. The van der Waals surface area contributed by atoms with Gasteiger partial charge in [-0.15, -0.1) is 0 Å². The standard InChI is InChI=1S/C13H20N4O2/c1-8(2)12-13(19)14-6-11(18)17(12)10-5-15-16(7-10)9(3)4/h5,7-9,12H,6H2,1-4H3,(H,14,19). The van der Waals surface area contributed by atoms with E-state index in [4.69, 9.17) is 0 Å². The van der Waals surface area contributed by atoms with Crippen LogP contribution in [-0.4, -0.2) is 34.2 Å². The smallest absolute Gasteiger partial charge is 0.247 e. The van der Waals surface area contributed by atoms with Crippen LogP contribution in [0.15, 0.2) is 12.4 Å². The quantitative estimate of drug-likeness (QED) is 0.884. The van der Waals surface area contributed by atoms with Gasteiger partial charge in [-0.1, -0.05) is 13.8 Å². The van der Waals surface area contributed by atoms with Crippen LogP contribution in [0.25, 0.3) is 0 Å². The largest absolute Gasteiger partial charge is 0.345 e. The molecule has 6 heteroatoms. The molecule has 104 valence electrons. The summed E-state index contributed by atoms with van der Waals surface area (Å²) >= 11 is 0. The molecule has 1 fully saturated rings. The first-order chi connectivity index (χ1) is 8.91. The third-order valence-corrected chi connectivity index (χ3v) is 3.26. The van der Waals surface area contributed by atoms with E-state index in [0.717, 1.165) is 0 Å². The Morgan fingerprint density at radius 2 is 2.00 bits per heavy atom. The summed E-state index contributed by atoms with van der Waals surface area (Å²) in [5, 5.41) is 6.87. The molecule has 1 unspecified atom stereocenters. The molecule has 0 radical (unpaired) electrons. The van der Waals surface area contributed by atoms with Crippen LogP contribution < -0.4 is 10.2 Å². The number of carbonyl (C=O) groups excluding carboxylic acids is 2. The number of anilines is 1. The molecule has 2 rings (SSSR count). The zero-order valence-corrected chi connectivity index (χ0v) is 11.8. The van der Waals surface area contributed by atoms with Gasteiger partial charge in [0.25, 0.3) is 0 Å². The van der Waals surface area contributed by atoms with E-state index in [1.807, 2.05) is 33.9 Å². The Kier molecular flexibility index (Phi) is 3.59. The predicted octanol–water partition coefficient (Wildman–Crippen LogP) is 0.951. The van der Waals surface area contributed by atoms with Gasteiger partial charge in [-0.25, -0.2) is 0 Å². The fourth-order valence-electron chi connectivity index (χ4n) is 2.27. The van der Waals surface area contributed by atoms with Gasteiger partial charge in [0.15, 0.2) is 0 Å². The van der Waals surface area contributed by atoms with E-state index in [1.54, 1.807) is 15.8 Å². The Hall–Kier alpha value is -1.85. The molecule has 2 heterocycles. The van der Waals surface area contributed by atoms with Crippen molar-refractivity contribution in [2.75, 3.05) is 11.4 Å². The van der Waals surface area contributed by atoms with Gasteiger partial charge in [-0.3, -0.25) is 19.2 Å². The number of rotatable bonds is 3. The lowest BCUT2D eigenvalue weighted by atomic mass is 9.99. The summed E-state index contributed by atoms with van der Waals surface area (Å²) in [6.45, 7) is 7.95. The first kappa shape index (κ1) is 13.6. The van der Waals surface area contributed by atoms with Crippen molar-refractivity contribution in [3.63, 3.8) is 0 Å². The molecular formula is C13H20N4O2. The maximum Gasteiger partial charge on any atom is 0.247 e. The molecule has 2 amide bonds. The van der Waals surface area contributed by atoms with E-state index < -0.39 is 6.04 Å². The second-order valence-electron chi connectivity index (χ2n) is 5.44. The third-order valence-electron chi connectivity index (χ3n) is 3.26. The van der Waals surface area contributed by atoms with E-state index in [2.05, 4.69) is 10.4 Å². The first-order valence-corrected chi connectivity index (χ1v) is 6.55. The lowest BCUT2D eigenvalue weighted by Gasteiger charge is -2.36. The van der Waals surface area contributed by atoms with Crippen LogP contribution in [0.4, 0.5) is 5.69 Å². The molecule has 1 saturated heterocycles. The summed E-state index contributed by atoms with van der Waals surface area (Å²) in [5.74, 6) is -0.153. The molecule has 1 aromatic rings. The van der Waals surface area contributed by atoms with E-state index in [0.29, 0.717) is 5.69 Å². The van der Waals surface area contributed by atoms with Gasteiger partial charge in [0.05, 0.1) is 18.4 Å². The number of nitrogens with zero attached hydrogens (tertiary/aromatic N) is 3. The monoisotopic (exact) mass is 264 g/mol. The van der Waals surface area contributed by atoms with E-state index in [9.17, 15) is 9.59 Å². The second-order valence-corrected chi connectivity index (χ2v) is 5.44. The molecule has 0 saturated carbocycles. The predicted molar refractivity (Wildman–Crippen MR) is 71.7 cm³/mol. The topological polar surface area (TPSA) is 67.2 Å². The summed E-state index contributed by atoms with van der Waals surface area (Å²) in [6, 6.07) is -0.244. The minimum atomic E-state index is -0.467. The lowest BCUT2D eigenvalue weighted by Crippen LogP contribution is -2.60. The molecule has 1 aliphatic rings. The van der Waals surface area contributed by atoms with Crippen LogP contribution in [0.3, 0.4) is 0 Å². The summed E-state index contributed by atoms with van der Waals surface area (Å²) in [7, 11) is 0. The van der Waals surface area contributed by atoms with Crippen molar-refractivity contribution in [1.82, 2.24) is 15.1 Å². The number of hydrogen-bond acceptors (Lipinski definition) is 3. The zero-order valence-electron chi connectivity index (χ0n) is 11.8. The van der Waals surface area contributed by atoms with Crippen molar-refractivity contribution < 1.29 is 9.59 Å². The van der Waals surface area contributed by atoms with Gasteiger partial charge in [0, 0.05) is 12.2 Å². The van der Waals surface area contributed by atoms with Crippen molar-refractivity contribution in [3.8, 4) is 0 Å². The molecule has 6 nitrogen and oxygen atoms in total. The van der Waals surface area contributed by atoms with Gasteiger partial charge < -0.3 is 5.32 Å². The lowest BCUT2D eigenvalue weighted by molar-refractivity contribution is -0.131. The van der Waals surface area contributed by atoms with Gasteiger partial charge in [0.2, 0.25) is 11.8 Å². The minimum absolute atomic E-state index is 0.0478. The number of nitrogens with one attached hydrogen (secondary N) is 1. The fraction of sp³-hybridized carbons (Fsp3) is 0.615. The summed E-state index contributed by atoms with van der Waals surface area (Å²) in [4.78, 5) is 25.6. The molecule has 19 heavy (non-hydrogen) atoms. The van der Waals surface area contributed by atoms with Crippen LogP contribution in [-0.2, 0) is 9.59 Å². The maximum absolute atomic E-state index is 12.1. The number of amides is 2. The first-order valence-electron chi connectivity index (χ1n) is 6.55.